The van der Waals surface area contributed by atoms with Crippen LogP contribution in [0.5, 0.6) is 5.75 Å². The quantitative estimate of drug-likeness (QED) is 0.178. The summed E-state index contributed by atoms with van der Waals surface area (Å²) < 4.78 is 73.2. The second-order valence-electron chi connectivity index (χ2n) is 6.69. The molecule has 0 spiro atoms. The van der Waals surface area contributed by atoms with Crippen LogP contribution in [0.4, 0.5) is 0 Å². The van der Waals surface area contributed by atoms with E-state index in [1.165, 1.54) is 0 Å². The topological polar surface area (TPSA) is 219 Å². The summed E-state index contributed by atoms with van der Waals surface area (Å²) in [6.07, 6.45) is 1.79. The Balaban J connectivity index is 0.000000984. The Kier molecular flexibility index (Phi) is 15.8. The molecule has 38 heavy (non-hydrogen) atoms. The van der Waals surface area contributed by atoms with Crippen LogP contribution < -0.4 is 54.4 Å². The Bertz CT molecular complexity index is 1130. The molecule has 0 amide bonds. The number of benzene rings is 2. The van der Waals surface area contributed by atoms with Gasteiger partial charge in [0.15, 0.2) is 0 Å². The zero-order valence-corrected chi connectivity index (χ0v) is 23.6. The summed E-state index contributed by atoms with van der Waals surface area (Å²) in [4.78, 5) is 9.31. The number of aromatic nitrogens is 2. The van der Waals surface area contributed by atoms with Crippen molar-refractivity contribution in [3.05, 3.63) is 91.1 Å². The Morgan fingerprint density at radius 1 is 0.579 bits per heavy atom. The van der Waals surface area contributed by atoms with E-state index in [2.05, 4.69) is 41.4 Å². The molecule has 1 radical (unpaired) electrons. The van der Waals surface area contributed by atoms with Gasteiger partial charge in [-0.1, -0.05) is 48.5 Å². The summed E-state index contributed by atoms with van der Waals surface area (Å²) in [5.41, 5.74) is 5.95. The van der Waals surface area contributed by atoms with Crippen LogP contribution in [0, 0.1) is 20.5 Å². The standard InChI is InChI=1S/C23H18N2O.Au.2ClHO4.ClH/c1-26-20-12-10-17(11-13-20)19-15-22(18-7-3-2-4-8-18)25-23(16-19)21-9-5-6-14-24-21;;2*2-1(3,4)5;/h2-16H,1H3;;2*(H,2,3,4,5);1H/p-3. The van der Waals surface area contributed by atoms with Crippen molar-refractivity contribution < 1.29 is 97.3 Å². The first-order valence-corrected chi connectivity index (χ1v) is 12.2. The second-order valence-corrected chi connectivity index (χ2v) is 8.20. The molecule has 2 aromatic carbocycles. The zero-order valence-electron chi connectivity index (χ0n) is 19.2. The Morgan fingerprint density at radius 2 is 1.08 bits per heavy atom. The number of methoxy groups -OCH3 is 1. The van der Waals surface area contributed by atoms with Crippen molar-refractivity contribution in [1.82, 2.24) is 9.97 Å². The molecule has 2 aromatic heterocycles. The average Bonchev–Trinajstić information content (AvgIpc) is 2.83. The van der Waals surface area contributed by atoms with E-state index < -0.39 is 20.5 Å². The number of pyridine rings is 2. The number of ether oxygens (including phenoxy) is 1. The van der Waals surface area contributed by atoms with E-state index in [9.17, 15) is 0 Å². The minimum atomic E-state index is -4.94. The molecule has 0 fully saturated rings. The van der Waals surface area contributed by atoms with Crippen molar-refractivity contribution in [2.45, 2.75) is 0 Å². The summed E-state index contributed by atoms with van der Waals surface area (Å²) in [6.45, 7) is 0. The molecule has 2 heterocycles. The van der Waals surface area contributed by atoms with E-state index in [0.29, 0.717) is 0 Å². The summed E-state index contributed by atoms with van der Waals surface area (Å²) >= 11 is 0. The van der Waals surface area contributed by atoms with E-state index >= 15 is 0 Å². The normalized spacial score (nSPS) is 10.3. The van der Waals surface area contributed by atoms with Crippen LogP contribution in [0.1, 0.15) is 0 Å². The van der Waals surface area contributed by atoms with Crippen molar-refractivity contribution in [1.29, 1.82) is 0 Å². The van der Waals surface area contributed by atoms with Crippen molar-refractivity contribution in [2.24, 2.45) is 0 Å². The smallest absolute Gasteiger partial charge is 0.118 e. The van der Waals surface area contributed by atoms with Crippen LogP contribution in [0.3, 0.4) is 0 Å². The van der Waals surface area contributed by atoms with Crippen LogP contribution in [0.2, 0.25) is 0 Å². The summed E-state index contributed by atoms with van der Waals surface area (Å²) in [5, 5.41) is 0. The van der Waals surface area contributed by atoms with Crippen molar-refractivity contribution in [3.63, 3.8) is 0 Å². The number of nitrogens with zero attached hydrogens (tertiary/aromatic N) is 2. The van der Waals surface area contributed by atoms with Crippen molar-refractivity contribution in [2.75, 3.05) is 7.11 Å². The van der Waals surface area contributed by atoms with Crippen LogP contribution in [-0.4, -0.2) is 17.1 Å². The van der Waals surface area contributed by atoms with E-state index in [1.807, 2.05) is 48.5 Å². The Labute approximate surface area is 244 Å². The van der Waals surface area contributed by atoms with Gasteiger partial charge in [-0.3, -0.25) is 4.98 Å². The average molecular weight is 770 g/mol. The van der Waals surface area contributed by atoms with Crippen LogP contribution in [-0.2, 0) is 22.4 Å². The summed E-state index contributed by atoms with van der Waals surface area (Å²) in [7, 11) is -8.21. The van der Waals surface area contributed by atoms with Gasteiger partial charge in [-0.15, -0.1) is 20.5 Å². The van der Waals surface area contributed by atoms with Crippen molar-refractivity contribution in [3.8, 4) is 39.5 Å². The number of halogens is 3. The van der Waals surface area contributed by atoms with Gasteiger partial charge in [0, 0.05) is 34.1 Å². The molecule has 0 unspecified atom stereocenters. The van der Waals surface area contributed by atoms with Gasteiger partial charge in [-0.25, -0.2) is 42.3 Å². The third kappa shape index (κ3) is 14.7. The van der Waals surface area contributed by atoms with Gasteiger partial charge >= 0.3 is 0 Å². The molecule has 0 aliphatic carbocycles. The first kappa shape index (κ1) is 35.8. The van der Waals surface area contributed by atoms with E-state index in [-0.39, 0.29) is 34.8 Å². The first-order chi connectivity index (χ1) is 16.8. The van der Waals surface area contributed by atoms with Gasteiger partial charge in [0.05, 0.1) is 24.2 Å². The fourth-order valence-corrected chi connectivity index (χ4v) is 2.88. The number of hydrogen-bond donors (Lipinski definition) is 0. The molecule has 4 aromatic rings. The molecule has 0 saturated carbocycles. The molecule has 11 nitrogen and oxygen atoms in total. The molecule has 0 aliphatic rings. The molecule has 0 atom stereocenters. The van der Waals surface area contributed by atoms with Crippen molar-refractivity contribution >= 4 is 0 Å². The molecule has 0 aliphatic heterocycles. The maximum Gasteiger partial charge on any atom is 0.118 e. The van der Waals surface area contributed by atoms with Gasteiger partial charge in [0.25, 0.3) is 0 Å². The van der Waals surface area contributed by atoms with Gasteiger partial charge in [-0.2, -0.15) is 0 Å². The predicted molar refractivity (Wildman–Crippen MR) is 105 cm³/mol. The molecule has 0 N–H and O–H groups in total. The third-order valence-corrected chi connectivity index (χ3v) is 4.25. The Hall–Kier alpha value is -2.17. The summed E-state index contributed by atoms with van der Waals surface area (Å²) in [6, 6.07) is 28.3. The minimum absolute atomic E-state index is 0. The molecule has 15 heteroatoms. The van der Waals surface area contributed by atoms with Gasteiger partial charge in [-0.05, 0) is 47.5 Å². The maximum atomic E-state index is 8.49. The largest absolute Gasteiger partial charge is 1.00 e. The zero-order chi connectivity index (χ0) is 26.8. The molecule has 0 saturated heterocycles. The van der Waals surface area contributed by atoms with Crippen LogP contribution in [0.15, 0.2) is 91.1 Å². The van der Waals surface area contributed by atoms with Crippen LogP contribution in [0.25, 0.3) is 33.8 Å². The molecular formula is C23H18AuCl3N2O9-3. The first-order valence-electron chi connectivity index (χ1n) is 9.70. The Morgan fingerprint density at radius 3 is 1.55 bits per heavy atom. The van der Waals surface area contributed by atoms with E-state index in [0.717, 1.165) is 39.5 Å². The molecule has 209 valence electrons. The predicted octanol–water partition coefficient (Wildman–Crippen LogP) is -7.02. The molecular weight excluding hydrogens is 752 g/mol. The maximum absolute atomic E-state index is 8.49. The van der Waals surface area contributed by atoms with Gasteiger partial charge in [0.1, 0.15) is 5.75 Å². The fraction of sp³-hybridized carbons (Fsp3) is 0.0435. The van der Waals surface area contributed by atoms with E-state index in [1.54, 1.807) is 13.3 Å². The number of hydrogen-bond acceptors (Lipinski definition) is 11. The van der Waals surface area contributed by atoms with E-state index in [4.69, 9.17) is 47.0 Å². The molecule has 0 bridgehead atoms. The fourth-order valence-electron chi connectivity index (χ4n) is 2.88. The van der Waals surface area contributed by atoms with Gasteiger partial charge < -0.3 is 17.1 Å². The SMILES string of the molecule is COc1ccc(-c2cc(-c3ccccc3)nc(-c3ccccn3)c2)cc1.[Au].[Cl-].[O-][Cl+3]([O-])([O-])[O-].[O-][Cl+3]([O-])([O-])[O-]. The monoisotopic (exact) mass is 768 g/mol. The third-order valence-electron chi connectivity index (χ3n) is 4.25. The van der Waals surface area contributed by atoms with Gasteiger partial charge in [0.2, 0.25) is 0 Å². The number of rotatable bonds is 4. The second kappa shape index (κ2) is 16.7. The summed E-state index contributed by atoms with van der Waals surface area (Å²) in [5.74, 6) is 0.844. The van der Waals surface area contributed by atoms with Crippen LogP contribution >= 0.6 is 0 Å². The minimum Gasteiger partial charge on any atom is -1.00 e. The molecule has 4 rings (SSSR count).